The molecule has 1 aliphatic carbocycles. The fraction of sp³-hybridized carbons (Fsp3) is 0.467. The van der Waals surface area contributed by atoms with Gasteiger partial charge >= 0.3 is 5.97 Å². The molecule has 7 heteroatoms. The van der Waals surface area contributed by atoms with E-state index in [1.54, 1.807) is 6.07 Å². The van der Waals surface area contributed by atoms with Crippen molar-refractivity contribution in [2.45, 2.75) is 12.3 Å². The number of carbonyl (C=O) groups excluding carboxylic acids is 1. The fourth-order valence-corrected chi connectivity index (χ4v) is 2.82. The lowest BCUT2D eigenvalue weighted by Crippen LogP contribution is -2.39. The monoisotopic (exact) mass is 329 g/mol. The molecule has 1 fully saturated rings. The molecule has 1 N–H and O–H groups in total. The van der Waals surface area contributed by atoms with Gasteiger partial charge in [0.25, 0.3) is 0 Å². The average Bonchev–Trinajstić information content (AvgIpc) is 3.22. The Bertz CT molecular complexity index is 560. The normalized spacial score (nSPS) is 19.8. The largest absolute Gasteiger partial charge is 0.480 e. The molecule has 1 aliphatic rings. The van der Waals surface area contributed by atoms with E-state index in [4.69, 9.17) is 21.4 Å². The molecular weight excluding hydrogens is 313 g/mol. The summed E-state index contributed by atoms with van der Waals surface area (Å²) < 4.78 is 18.8. The number of benzene rings is 1. The second-order valence-electron chi connectivity index (χ2n) is 5.23. The van der Waals surface area contributed by atoms with Gasteiger partial charge in [0.05, 0.1) is 6.61 Å². The predicted molar refractivity (Wildman–Crippen MR) is 78.3 cm³/mol. The van der Waals surface area contributed by atoms with Gasteiger partial charge in [-0.2, -0.15) is 0 Å². The molecular formula is C15H17ClFNO4. The topological polar surface area (TPSA) is 66.8 Å². The molecule has 2 rings (SSSR count). The highest BCUT2D eigenvalue weighted by Crippen LogP contribution is 2.51. The second-order valence-corrected chi connectivity index (χ2v) is 5.64. The maximum Gasteiger partial charge on any atom is 0.323 e. The van der Waals surface area contributed by atoms with E-state index in [2.05, 4.69) is 0 Å². The molecule has 2 unspecified atom stereocenters. The summed E-state index contributed by atoms with van der Waals surface area (Å²) in [5, 5.41) is 9.18. The summed E-state index contributed by atoms with van der Waals surface area (Å²) in [6, 6.07) is 4.40. The van der Waals surface area contributed by atoms with Crippen LogP contribution in [-0.4, -0.2) is 48.7 Å². The van der Waals surface area contributed by atoms with Gasteiger partial charge in [0.1, 0.15) is 12.4 Å². The molecule has 0 spiro atoms. The third-order valence-electron chi connectivity index (χ3n) is 3.68. The van der Waals surface area contributed by atoms with E-state index in [0.29, 0.717) is 17.0 Å². The van der Waals surface area contributed by atoms with Crippen molar-refractivity contribution in [3.63, 3.8) is 0 Å². The van der Waals surface area contributed by atoms with Crippen LogP contribution in [0, 0.1) is 11.7 Å². The summed E-state index contributed by atoms with van der Waals surface area (Å²) in [7, 11) is 1.47. The van der Waals surface area contributed by atoms with Crippen molar-refractivity contribution in [2.24, 2.45) is 5.92 Å². The van der Waals surface area contributed by atoms with E-state index in [-0.39, 0.29) is 25.0 Å². The number of hydrogen-bond acceptors (Lipinski definition) is 3. The number of rotatable bonds is 7. The van der Waals surface area contributed by atoms with Crippen LogP contribution < -0.4 is 0 Å². The third-order valence-corrected chi connectivity index (χ3v) is 4.01. The Hall–Kier alpha value is -1.66. The van der Waals surface area contributed by atoms with Gasteiger partial charge in [-0.05, 0) is 18.6 Å². The molecule has 0 bridgehead atoms. The lowest BCUT2D eigenvalue weighted by molar-refractivity contribution is -0.145. The molecule has 0 aromatic heterocycles. The number of methoxy groups -OCH3 is 1. The van der Waals surface area contributed by atoms with E-state index in [1.807, 2.05) is 0 Å². The van der Waals surface area contributed by atoms with Gasteiger partial charge in [-0.15, -0.1) is 0 Å². The molecule has 0 saturated heterocycles. The van der Waals surface area contributed by atoms with Crippen LogP contribution in [0.25, 0.3) is 0 Å². The molecule has 1 aromatic rings. The van der Waals surface area contributed by atoms with E-state index < -0.39 is 24.2 Å². The van der Waals surface area contributed by atoms with Gasteiger partial charge in [-0.1, -0.05) is 17.7 Å². The van der Waals surface area contributed by atoms with Crippen molar-refractivity contribution in [1.29, 1.82) is 0 Å². The Morgan fingerprint density at radius 1 is 1.50 bits per heavy atom. The fourth-order valence-electron chi connectivity index (χ4n) is 2.52. The van der Waals surface area contributed by atoms with Crippen molar-refractivity contribution < 1.29 is 23.8 Å². The number of carboxylic acid groups (broad SMARTS) is 1. The highest BCUT2D eigenvalue weighted by atomic mass is 35.5. The number of hydrogen-bond donors (Lipinski definition) is 1. The SMILES string of the molecule is COCCN(CC(=O)O)C(=O)C1CC1c1c(F)cccc1Cl. The standard InChI is InChI=1S/C15H17ClFNO4/c1-22-6-5-18(8-13(19)20)15(21)10-7-9(10)14-11(16)3-2-4-12(14)17/h2-4,9-10H,5-8H2,1H3,(H,19,20). The van der Waals surface area contributed by atoms with Crippen molar-refractivity contribution >= 4 is 23.5 Å². The van der Waals surface area contributed by atoms with Gasteiger partial charge in [-0.25, -0.2) is 4.39 Å². The number of carbonyl (C=O) groups is 2. The van der Waals surface area contributed by atoms with Crippen LogP contribution in [-0.2, 0) is 14.3 Å². The molecule has 5 nitrogen and oxygen atoms in total. The quantitative estimate of drug-likeness (QED) is 0.832. The number of nitrogens with zero attached hydrogens (tertiary/aromatic N) is 1. The van der Waals surface area contributed by atoms with Crippen molar-refractivity contribution in [3.05, 3.63) is 34.6 Å². The average molecular weight is 330 g/mol. The van der Waals surface area contributed by atoms with E-state index >= 15 is 0 Å². The summed E-state index contributed by atoms with van der Waals surface area (Å²) in [4.78, 5) is 24.5. The smallest absolute Gasteiger partial charge is 0.323 e. The maximum absolute atomic E-state index is 13.9. The van der Waals surface area contributed by atoms with Crippen LogP contribution in [0.5, 0.6) is 0 Å². The first kappa shape index (κ1) is 16.7. The van der Waals surface area contributed by atoms with E-state index in [9.17, 15) is 14.0 Å². The van der Waals surface area contributed by atoms with Gasteiger partial charge in [0, 0.05) is 36.1 Å². The molecule has 0 heterocycles. The van der Waals surface area contributed by atoms with Crippen LogP contribution in [0.1, 0.15) is 17.9 Å². The van der Waals surface area contributed by atoms with Crippen molar-refractivity contribution in [3.8, 4) is 0 Å². The molecule has 120 valence electrons. The Kier molecular flexibility index (Phi) is 5.37. The number of amides is 1. The van der Waals surface area contributed by atoms with Crippen LogP contribution >= 0.6 is 11.6 Å². The highest BCUT2D eigenvalue weighted by molar-refractivity contribution is 6.31. The van der Waals surface area contributed by atoms with Crippen LogP contribution in [0.15, 0.2) is 18.2 Å². The first-order chi connectivity index (χ1) is 10.5. The Morgan fingerprint density at radius 3 is 2.82 bits per heavy atom. The number of ether oxygens (including phenoxy) is 1. The summed E-state index contributed by atoms with van der Waals surface area (Å²) in [5.74, 6) is -2.55. The first-order valence-corrected chi connectivity index (χ1v) is 7.27. The molecule has 0 radical (unpaired) electrons. The second kappa shape index (κ2) is 7.07. The van der Waals surface area contributed by atoms with Crippen LogP contribution in [0.3, 0.4) is 0 Å². The van der Waals surface area contributed by atoms with Gasteiger partial charge < -0.3 is 14.7 Å². The Morgan fingerprint density at radius 2 is 2.23 bits per heavy atom. The maximum atomic E-state index is 13.9. The lowest BCUT2D eigenvalue weighted by atomic mass is 10.1. The number of aliphatic carboxylic acids is 1. The minimum Gasteiger partial charge on any atom is -0.480 e. The molecule has 22 heavy (non-hydrogen) atoms. The number of carboxylic acids is 1. The first-order valence-electron chi connectivity index (χ1n) is 6.89. The molecule has 1 aromatic carbocycles. The third kappa shape index (κ3) is 3.75. The minimum atomic E-state index is -1.09. The van der Waals surface area contributed by atoms with Crippen molar-refractivity contribution in [2.75, 3.05) is 26.8 Å². The Balaban J connectivity index is 2.08. The predicted octanol–water partition coefficient (Wildman–Crippen LogP) is 2.14. The molecule has 1 saturated carbocycles. The summed E-state index contributed by atoms with van der Waals surface area (Å²) >= 11 is 6.00. The molecule has 0 aliphatic heterocycles. The Labute approximate surface area is 132 Å². The van der Waals surface area contributed by atoms with Crippen molar-refractivity contribution in [1.82, 2.24) is 4.90 Å². The number of halogens is 2. The van der Waals surface area contributed by atoms with E-state index in [1.165, 1.54) is 24.1 Å². The minimum absolute atomic E-state index is 0.190. The molecule has 2 atom stereocenters. The zero-order chi connectivity index (χ0) is 16.3. The summed E-state index contributed by atoms with van der Waals surface area (Å²) in [5.41, 5.74) is 0.338. The summed E-state index contributed by atoms with van der Waals surface area (Å²) in [6.45, 7) is 0.0448. The summed E-state index contributed by atoms with van der Waals surface area (Å²) in [6.07, 6.45) is 0.475. The zero-order valence-corrected chi connectivity index (χ0v) is 12.8. The van der Waals surface area contributed by atoms with E-state index in [0.717, 1.165) is 0 Å². The van der Waals surface area contributed by atoms with Crippen LogP contribution in [0.4, 0.5) is 4.39 Å². The van der Waals surface area contributed by atoms with Gasteiger partial charge in [-0.3, -0.25) is 9.59 Å². The van der Waals surface area contributed by atoms with Gasteiger partial charge in [0.15, 0.2) is 0 Å². The highest BCUT2D eigenvalue weighted by Gasteiger charge is 2.47. The van der Waals surface area contributed by atoms with Gasteiger partial charge in [0.2, 0.25) is 5.91 Å². The zero-order valence-electron chi connectivity index (χ0n) is 12.1. The lowest BCUT2D eigenvalue weighted by Gasteiger charge is -2.20. The molecule has 1 amide bonds. The van der Waals surface area contributed by atoms with Crippen LogP contribution in [0.2, 0.25) is 5.02 Å².